The van der Waals surface area contributed by atoms with Gasteiger partial charge in [0.05, 0.1) is 11.3 Å². The number of nitrogens with two attached hydrogens (primary N) is 1. The smallest absolute Gasteiger partial charge is 0.250 e. The van der Waals surface area contributed by atoms with Crippen LogP contribution < -0.4 is 5.73 Å². The molecule has 3 nitrogen and oxygen atoms in total. The predicted octanol–water partition coefficient (Wildman–Crippen LogP) is 0.650. The molecule has 0 fully saturated rings. The second-order valence-electron chi connectivity index (χ2n) is 2.00. The standard InChI is InChI=1S/C7H7FN2O/c8-4-6-5(7(9)11)2-1-3-10-6/h1-3H,4H2,(H2,9,11). The lowest BCUT2D eigenvalue weighted by Gasteiger charge is -1.98. The minimum absolute atomic E-state index is 0.0972. The van der Waals surface area contributed by atoms with Crippen LogP contribution in [0.1, 0.15) is 16.1 Å². The Kier molecular flexibility index (Phi) is 2.15. The van der Waals surface area contributed by atoms with Crippen molar-refractivity contribution in [2.24, 2.45) is 5.73 Å². The quantitative estimate of drug-likeness (QED) is 0.679. The Bertz CT molecular complexity index is 275. The first-order chi connectivity index (χ1) is 5.25. The normalized spacial score (nSPS) is 9.55. The molecule has 11 heavy (non-hydrogen) atoms. The number of rotatable bonds is 2. The minimum Gasteiger partial charge on any atom is -0.366 e. The molecule has 0 saturated carbocycles. The van der Waals surface area contributed by atoms with Crippen LogP contribution in [0, 0.1) is 0 Å². The van der Waals surface area contributed by atoms with Crippen LogP contribution in [0.4, 0.5) is 4.39 Å². The molecule has 0 unspecified atom stereocenters. The highest BCUT2D eigenvalue weighted by Gasteiger charge is 2.06. The van der Waals surface area contributed by atoms with E-state index in [0.717, 1.165) is 0 Å². The molecule has 0 aliphatic carbocycles. The summed E-state index contributed by atoms with van der Waals surface area (Å²) in [5.41, 5.74) is 5.19. The summed E-state index contributed by atoms with van der Waals surface area (Å²) in [5.74, 6) is -0.647. The molecular formula is C7H7FN2O. The number of carbonyl (C=O) groups excluding carboxylic acids is 1. The van der Waals surface area contributed by atoms with E-state index >= 15 is 0 Å². The Labute approximate surface area is 63.0 Å². The number of halogens is 1. The molecule has 0 aromatic carbocycles. The first kappa shape index (κ1) is 7.65. The summed E-state index contributed by atoms with van der Waals surface area (Å²) in [4.78, 5) is 14.2. The van der Waals surface area contributed by atoms with Gasteiger partial charge in [0.15, 0.2) is 0 Å². The van der Waals surface area contributed by atoms with Crippen LogP contribution in [-0.4, -0.2) is 10.9 Å². The Morgan fingerprint density at radius 3 is 2.91 bits per heavy atom. The number of amides is 1. The third kappa shape index (κ3) is 1.52. The lowest BCUT2D eigenvalue weighted by molar-refractivity contribution is 0.0998. The average Bonchev–Trinajstić information content (AvgIpc) is 2.04. The van der Waals surface area contributed by atoms with E-state index in [9.17, 15) is 9.18 Å². The zero-order valence-corrected chi connectivity index (χ0v) is 5.75. The molecular weight excluding hydrogens is 147 g/mol. The van der Waals surface area contributed by atoms with Crippen LogP contribution in [0.3, 0.4) is 0 Å². The van der Waals surface area contributed by atoms with Gasteiger partial charge in [-0.05, 0) is 12.1 Å². The monoisotopic (exact) mass is 154 g/mol. The van der Waals surface area contributed by atoms with Crippen molar-refractivity contribution in [1.82, 2.24) is 4.98 Å². The highest BCUT2D eigenvalue weighted by Crippen LogP contribution is 2.04. The number of alkyl halides is 1. The minimum atomic E-state index is -0.765. The van der Waals surface area contributed by atoms with E-state index in [1.807, 2.05) is 0 Å². The van der Waals surface area contributed by atoms with Crippen LogP contribution in [0.5, 0.6) is 0 Å². The molecule has 4 heteroatoms. The first-order valence-corrected chi connectivity index (χ1v) is 3.05. The first-order valence-electron chi connectivity index (χ1n) is 3.05. The molecule has 0 bridgehead atoms. The average molecular weight is 154 g/mol. The van der Waals surface area contributed by atoms with Crippen molar-refractivity contribution in [1.29, 1.82) is 0 Å². The van der Waals surface area contributed by atoms with Crippen molar-refractivity contribution < 1.29 is 9.18 Å². The number of hydrogen-bond acceptors (Lipinski definition) is 2. The van der Waals surface area contributed by atoms with Gasteiger partial charge in [0.25, 0.3) is 5.91 Å². The molecule has 0 aliphatic rings. The van der Waals surface area contributed by atoms with E-state index in [4.69, 9.17) is 5.73 Å². The molecule has 1 aromatic heterocycles. The number of nitrogens with zero attached hydrogens (tertiary/aromatic N) is 1. The number of hydrogen-bond donors (Lipinski definition) is 1. The van der Waals surface area contributed by atoms with Crippen LogP contribution in [0.2, 0.25) is 0 Å². The zero-order chi connectivity index (χ0) is 8.27. The van der Waals surface area contributed by atoms with Crippen LogP contribution in [0.15, 0.2) is 18.3 Å². The van der Waals surface area contributed by atoms with Gasteiger partial charge in [-0.1, -0.05) is 0 Å². The molecule has 1 amide bonds. The molecule has 0 saturated heterocycles. The van der Waals surface area contributed by atoms with Gasteiger partial charge < -0.3 is 5.73 Å². The van der Waals surface area contributed by atoms with Gasteiger partial charge in [-0.3, -0.25) is 9.78 Å². The fraction of sp³-hybridized carbons (Fsp3) is 0.143. The predicted molar refractivity (Wildman–Crippen MR) is 37.6 cm³/mol. The van der Waals surface area contributed by atoms with E-state index in [1.165, 1.54) is 12.3 Å². The second-order valence-corrected chi connectivity index (χ2v) is 2.00. The van der Waals surface area contributed by atoms with E-state index in [2.05, 4.69) is 4.98 Å². The highest BCUT2D eigenvalue weighted by atomic mass is 19.1. The molecule has 1 rings (SSSR count). The topological polar surface area (TPSA) is 56.0 Å². The van der Waals surface area contributed by atoms with Gasteiger partial charge in [0.1, 0.15) is 6.67 Å². The Morgan fingerprint density at radius 1 is 1.73 bits per heavy atom. The number of primary amides is 1. The molecule has 2 N–H and O–H groups in total. The highest BCUT2D eigenvalue weighted by molar-refractivity contribution is 5.93. The molecule has 1 heterocycles. The summed E-state index contributed by atoms with van der Waals surface area (Å²) in [7, 11) is 0. The molecule has 0 aliphatic heterocycles. The van der Waals surface area contributed by atoms with Crippen molar-refractivity contribution in [3.63, 3.8) is 0 Å². The molecule has 58 valence electrons. The third-order valence-corrected chi connectivity index (χ3v) is 1.28. The fourth-order valence-electron chi connectivity index (χ4n) is 0.769. The zero-order valence-electron chi connectivity index (χ0n) is 5.75. The van der Waals surface area contributed by atoms with Gasteiger partial charge in [-0.2, -0.15) is 0 Å². The maximum atomic E-state index is 12.1. The van der Waals surface area contributed by atoms with Crippen molar-refractivity contribution in [2.75, 3.05) is 0 Å². The maximum Gasteiger partial charge on any atom is 0.250 e. The van der Waals surface area contributed by atoms with Crippen molar-refractivity contribution >= 4 is 5.91 Å². The van der Waals surface area contributed by atoms with Crippen LogP contribution in [-0.2, 0) is 6.67 Å². The van der Waals surface area contributed by atoms with E-state index in [-0.39, 0.29) is 11.3 Å². The SMILES string of the molecule is NC(=O)c1cccnc1CF. The molecule has 0 atom stereocenters. The van der Waals surface area contributed by atoms with Gasteiger partial charge in [-0.25, -0.2) is 4.39 Å². The van der Waals surface area contributed by atoms with E-state index in [0.29, 0.717) is 0 Å². The summed E-state index contributed by atoms with van der Waals surface area (Å²) in [5, 5.41) is 0. The molecule has 1 aromatic rings. The van der Waals surface area contributed by atoms with E-state index < -0.39 is 12.6 Å². The molecule has 0 radical (unpaired) electrons. The Balaban J connectivity index is 3.12. The number of carbonyl (C=O) groups is 1. The number of pyridine rings is 1. The summed E-state index contributed by atoms with van der Waals surface area (Å²) in [6.45, 7) is -0.765. The second kappa shape index (κ2) is 3.09. The molecule has 0 spiro atoms. The Morgan fingerprint density at radius 2 is 2.45 bits per heavy atom. The fourth-order valence-corrected chi connectivity index (χ4v) is 0.769. The number of aromatic nitrogens is 1. The van der Waals surface area contributed by atoms with Gasteiger partial charge in [0.2, 0.25) is 0 Å². The van der Waals surface area contributed by atoms with Gasteiger partial charge in [0, 0.05) is 6.20 Å². The van der Waals surface area contributed by atoms with Gasteiger partial charge >= 0.3 is 0 Å². The lowest BCUT2D eigenvalue weighted by atomic mass is 10.2. The summed E-state index contributed by atoms with van der Waals surface area (Å²) < 4.78 is 12.1. The van der Waals surface area contributed by atoms with Gasteiger partial charge in [-0.15, -0.1) is 0 Å². The third-order valence-electron chi connectivity index (χ3n) is 1.28. The largest absolute Gasteiger partial charge is 0.366 e. The maximum absolute atomic E-state index is 12.1. The summed E-state index contributed by atoms with van der Waals surface area (Å²) in [6, 6.07) is 2.99. The van der Waals surface area contributed by atoms with Crippen LogP contribution >= 0.6 is 0 Å². The summed E-state index contributed by atoms with van der Waals surface area (Å²) >= 11 is 0. The van der Waals surface area contributed by atoms with Crippen molar-refractivity contribution in [2.45, 2.75) is 6.67 Å². The van der Waals surface area contributed by atoms with Crippen LogP contribution in [0.25, 0.3) is 0 Å². The van der Waals surface area contributed by atoms with Crippen molar-refractivity contribution in [3.8, 4) is 0 Å². The van der Waals surface area contributed by atoms with Crippen molar-refractivity contribution in [3.05, 3.63) is 29.6 Å². The Hall–Kier alpha value is -1.45. The summed E-state index contributed by atoms with van der Waals surface area (Å²) in [6.07, 6.45) is 1.42. The van der Waals surface area contributed by atoms with E-state index in [1.54, 1.807) is 6.07 Å². The lowest BCUT2D eigenvalue weighted by Crippen LogP contribution is -2.13.